The Labute approximate surface area is 116 Å². The number of halogens is 2. The van der Waals surface area contributed by atoms with E-state index in [1.165, 1.54) is 6.07 Å². The van der Waals surface area contributed by atoms with Crippen molar-refractivity contribution in [2.24, 2.45) is 0 Å². The van der Waals surface area contributed by atoms with Gasteiger partial charge in [-0.3, -0.25) is 0 Å². The maximum atomic E-state index is 9.73. The molecule has 0 aliphatic heterocycles. The number of phenols is 1. The highest BCUT2D eigenvalue weighted by Crippen LogP contribution is 2.34. The zero-order chi connectivity index (χ0) is 13.1. The highest BCUT2D eigenvalue weighted by molar-refractivity contribution is 6.31. The molecular formula is C14H12Cl2O2. The van der Waals surface area contributed by atoms with Gasteiger partial charge >= 0.3 is 0 Å². The molecule has 0 aliphatic rings. The van der Waals surface area contributed by atoms with E-state index in [-0.39, 0.29) is 5.75 Å². The van der Waals surface area contributed by atoms with Gasteiger partial charge in [-0.25, -0.2) is 0 Å². The van der Waals surface area contributed by atoms with Gasteiger partial charge in [-0.15, -0.1) is 0 Å². The second-order valence-corrected chi connectivity index (χ2v) is 4.78. The topological polar surface area (TPSA) is 29.5 Å². The smallest absolute Gasteiger partial charge is 0.165 e. The highest BCUT2D eigenvalue weighted by Gasteiger charge is 2.09. The molecular weight excluding hydrogens is 271 g/mol. The van der Waals surface area contributed by atoms with Crippen molar-refractivity contribution in [3.05, 3.63) is 57.6 Å². The fourth-order valence-corrected chi connectivity index (χ4v) is 1.85. The zero-order valence-electron chi connectivity index (χ0n) is 9.78. The lowest BCUT2D eigenvalue weighted by molar-refractivity contribution is 0.287. The summed E-state index contributed by atoms with van der Waals surface area (Å²) in [6, 6.07) is 10.5. The number of rotatable bonds is 3. The maximum absolute atomic E-state index is 9.73. The first-order valence-corrected chi connectivity index (χ1v) is 6.19. The third kappa shape index (κ3) is 2.89. The van der Waals surface area contributed by atoms with Crippen LogP contribution in [-0.2, 0) is 6.61 Å². The SMILES string of the molecule is Cc1c(Cl)ccc(O)c1OCc1ccc(Cl)cc1. The Morgan fingerprint density at radius 3 is 2.39 bits per heavy atom. The molecule has 0 aliphatic carbocycles. The monoisotopic (exact) mass is 282 g/mol. The van der Waals surface area contributed by atoms with Crippen molar-refractivity contribution in [1.29, 1.82) is 0 Å². The van der Waals surface area contributed by atoms with Gasteiger partial charge in [-0.2, -0.15) is 0 Å². The normalized spacial score (nSPS) is 10.4. The fourth-order valence-electron chi connectivity index (χ4n) is 1.57. The number of benzene rings is 2. The summed E-state index contributed by atoms with van der Waals surface area (Å²) in [7, 11) is 0. The predicted molar refractivity (Wildman–Crippen MR) is 73.6 cm³/mol. The standard InChI is InChI=1S/C14H12Cl2O2/c1-9-12(16)6-7-13(17)14(9)18-8-10-2-4-11(15)5-3-10/h2-7,17H,8H2,1H3. The summed E-state index contributed by atoms with van der Waals surface area (Å²) < 4.78 is 5.60. The van der Waals surface area contributed by atoms with Crippen molar-refractivity contribution in [3.8, 4) is 11.5 Å². The van der Waals surface area contributed by atoms with E-state index in [0.717, 1.165) is 11.1 Å². The maximum Gasteiger partial charge on any atom is 0.165 e. The molecule has 0 fully saturated rings. The lowest BCUT2D eigenvalue weighted by Crippen LogP contribution is -1.97. The number of hydrogen-bond donors (Lipinski definition) is 1. The van der Waals surface area contributed by atoms with E-state index in [0.29, 0.717) is 22.4 Å². The molecule has 2 aromatic rings. The molecule has 18 heavy (non-hydrogen) atoms. The summed E-state index contributed by atoms with van der Waals surface area (Å²) in [6.45, 7) is 2.16. The van der Waals surface area contributed by atoms with Crippen LogP contribution in [0.1, 0.15) is 11.1 Å². The van der Waals surface area contributed by atoms with E-state index in [1.807, 2.05) is 12.1 Å². The third-order valence-electron chi connectivity index (χ3n) is 2.62. The third-order valence-corrected chi connectivity index (χ3v) is 3.28. The summed E-state index contributed by atoms with van der Waals surface area (Å²) in [5, 5.41) is 11.0. The molecule has 0 radical (unpaired) electrons. The summed E-state index contributed by atoms with van der Waals surface area (Å²) in [4.78, 5) is 0. The number of aromatic hydroxyl groups is 1. The second kappa shape index (κ2) is 5.51. The van der Waals surface area contributed by atoms with Gasteiger partial charge in [0.1, 0.15) is 6.61 Å². The first kappa shape index (κ1) is 13.1. The van der Waals surface area contributed by atoms with E-state index in [1.54, 1.807) is 25.1 Å². The van der Waals surface area contributed by atoms with E-state index < -0.39 is 0 Å². The van der Waals surface area contributed by atoms with Crippen LogP contribution in [0.5, 0.6) is 11.5 Å². The Balaban J connectivity index is 2.15. The molecule has 2 rings (SSSR count). The van der Waals surface area contributed by atoms with Crippen LogP contribution in [-0.4, -0.2) is 5.11 Å². The van der Waals surface area contributed by atoms with E-state index in [4.69, 9.17) is 27.9 Å². The molecule has 0 amide bonds. The molecule has 0 saturated carbocycles. The van der Waals surface area contributed by atoms with Crippen LogP contribution in [0.3, 0.4) is 0 Å². The first-order chi connectivity index (χ1) is 8.58. The Hall–Kier alpha value is -1.38. The molecule has 4 heteroatoms. The van der Waals surface area contributed by atoms with Crippen LogP contribution < -0.4 is 4.74 Å². The van der Waals surface area contributed by atoms with E-state index in [2.05, 4.69) is 0 Å². The molecule has 2 nitrogen and oxygen atoms in total. The molecule has 1 N–H and O–H groups in total. The quantitative estimate of drug-likeness (QED) is 0.893. The minimum absolute atomic E-state index is 0.0888. The van der Waals surface area contributed by atoms with Gasteiger partial charge in [0.2, 0.25) is 0 Å². The molecule has 94 valence electrons. The molecule has 0 unspecified atom stereocenters. The summed E-state index contributed by atoms with van der Waals surface area (Å²) >= 11 is 11.8. The summed E-state index contributed by atoms with van der Waals surface area (Å²) in [6.07, 6.45) is 0. The Bertz CT molecular complexity index is 550. The molecule has 0 saturated heterocycles. The number of phenolic OH excluding ortho intramolecular Hbond substituents is 1. The Morgan fingerprint density at radius 1 is 1.06 bits per heavy atom. The van der Waals surface area contributed by atoms with E-state index >= 15 is 0 Å². The largest absolute Gasteiger partial charge is 0.504 e. The van der Waals surface area contributed by atoms with Crippen molar-refractivity contribution < 1.29 is 9.84 Å². The average molecular weight is 283 g/mol. The molecule has 2 aromatic carbocycles. The van der Waals surface area contributed by atoms with Crippen LogP contribution in [0.4, 0.5) is 0 Å². The van der Waals surface area contributed by atoms with Crippen molar-refractivity contribution in [2.75, 3.05) is 0 Å². The van der Waals surface area contributed by atoms with Crippen molar-refractivity contribution >= 4 is 23.2 Å². The van der Waals surface area contributed by atoms with E-state index in [9.17, 15) is 5.11 Å². The minimum Gasteiger partial charge on any atom is -0.504 e. The fraction of sp³-hybridized carbons (Fsp3) is 0.143. The Morgan fingerprint density at radius 2 is 1.72 bits per heavy atom. The van der Waals surface area contributed by atoms with Gasteiger partial charge in [0.05, 0.1) is 0 Å². The first-order valence-electron chi connectivity index (χ1n) is 5.43. The lowest BCUT2D eigenvalue weighted by atomic mass is 10.2. The predicted octanol–water partition coefficient (Wildman–Crippen LogP) is 4.59. The van der Waals surface area contributed by atoms with Gasteiger partial charge in [-0.05, 0) is 36.8 Å². The van der Waals surface area contributed by atoms with Crippen molar-refractivity contribution in [2.45, 2.75) is 13.5 Å². The highest BCUT2D eigenvalue weighted by atomic mass is 35.5. The van der Waals surface area contributed by atoms with Crippen LogP contribution >= 0.6 is 23.2 Å². The van der Waals surface area contributed by atoms with Gasteiger partial charge in [0, 0.05) is 15.6 Å². The summed E-state index contributed by atoms with van der Waals surface area (Å²) in [5.41, 5.74) is 1.70. The van der Waals surface area contributed by atoms with Crippen LogP contribution in [0, 0.1) is 6.92 Å². The Kier molecular flexibility index (Phi) is 4.00. The lowest BCUT2D eigenvalue weighted by Gasteiger charge is -2.12. The van der Waals surface area contributed by atoms with Crippen LogP contribution in [0.25, 0.3) is 0 Å². The zero-order valence-corrected chi connectivity index (χ0v) is 11.3. The molecule has 0 spiro atoms. The number of hydrogen-bond acceptors (Lipinski definition) is 2. The van der Waals surface area contributed by atoms with Crippen LogP contribution in [0.15, 0.2) is 36.4 Å². The summed E-state index contributed by atoms with van der Waals surface area (Å²) in [5.74, 6) is 0.503. The molecule has 0 heterocycles. The van der Waals surface area contributed by atoms with Crippen molar-refractivity contribution in [1.82, 2.24) is 0 Å². The van der Waals surface area contributed by atoms with Crippen molar-refractivity contribution in [3.63, 3.8) is 0 Å². The molecule has 0 bridgehead atoms. The van der Waals surface area contributed by atoms with Gasteiger partial charge in [-0.1, -0.05) is 35.3 Å². The van der Waals surface area contributed by atoms with Crippen LogP contribution in [0.2, 0.25) is 10.0 Å². The number of ether oxygens (including phenoxy) is 1. The van der Waals surface area contributed by atoms with Gasteiger partial charge < -0.3 is 9.84 Å². The molecule has 0 atom stereocenters. The molecule has 0 aromatic heterocycles. The van der Waals surface area contributed by atoms with Gasteiger partial charge in [0.15, 0.2) is 11.5 Å². The average Bonchev–Trinajstić information content (AvgIpc) is 2.36. The second-order valence-electron chi connectivity index (χ2n) is 3.94. The van der Waals surface area contributed by atoms with Gasteiger partial charge in [0.25, 0.3) is 0 Å². The minimum atomic E-state index is 0.0888.